The number of aliphatic hydroxyl groups excluding tert-OH is 1. The van der Waals surface area contributed by atoms with Crippen molar-refractivity contribution >= 4 is 11.3 Å². The summed E-state index contributed by atoms with van der Waals surface area (Å²) in [6.07, 6.45) is 2.91. The maximum Gasteiger partial charge on any atom is 0.0794 e. The molecule has 1 aromatic heterocycles. The molecule has 0 spiro atoms. The molecule has 90 valence electrons. The summed E-state index contributed by atoms with van der Waals surface area (Å²) in [4.78, 5) is 5.16. The van der Waals surface area contributed by atoms with Crippen LogP contribution in [-0.4, -0.2) is 16.2 Å². The highest BCUT2D eigenvalue weighted by Gasteiger charge is 2.08. The smallest absolute Gasteiger partial charge is 0.0794 e. The van der Waals surface area contributed by atoms with Crippen molar-refractivity contribution in [2.75, 3.05) is 0 Å². The molecule has 0 aliphatic carbocycles. The molecule has 0 saturated heterocycles. The summed E-state index contributed by atoms with van der Waals surface area (Å²) in [5.74, 6) is 0. The summed E-state index contributed by atoms with van der Waals surface area (Å²) < 4.78 is 0. The van der Waals surface area contributed by atoms with Crippen molar-refractivity contribution in [3.05, 3.63) is 51.5 Å². The van der Waals surface area contributed by atoms with Crippen LogP contribution in [0.4, 0.5) is 0 Å². The minimum atomic E-state index is -0.323. The number of thiazole rings is 1. The van der Waals surface area contributed by atoms with Crippen molar-refractivity contribution in [2.24, 2.45) is 0 Å². The van der Waals surface area contributed by atoms with Gasteiger partial charge in [0, 0.05) is 17.5 Å². The molecule has 0 fully saturated rings. The van der Waals surface area contributed by atoms with Crippen molar-refractivity contribution in [1.29, 1.82) is 0 Å². The first kappa shape index (κ1) is 12.3. The maximum atomic E-state index is 10.0. The lowest BCUT2D eigenvalue weighted by Crippen LogP contribution is -2.13. The van der Waals surface area contributed by atoms with Crippen LogP contribution in [0.3, 0.4) is 0 Å². The zero-order chi connectivity index (χ0) is 12.3. The van der Waals surface area contributed by atoms with Gasteiger partial charge >= 0.3 is 0 Å². The second kappa shape index (κ2) is 5.43. The van der Waals surface area contributed by atoms with Gasteiger partial charge in [-0.25, -0.2) is 0 Å². The number of benzene rings is 1. The summed E-state index contributed by atoms with van der Waals surface area (Å²) in [6, 6.07) is 6.44. The number of aryl methyl sites for hydroxylation is 2. The molecule has 0 aliphatic rings. The first-order valence-corrected chi connectivity index (χ1v) is 6.64. The minimum Gasteiger partial charge on any atom is -0.392 e. The van der Waals surface area contributed by atoms with E-state index in [1.165, 1.54) is 16.7 Å². The van der Waals surface area contributed by atoms with Crippen LogP contribution < -0.4 is 0 Å². The zero-order valence-electron chi connectivity index (χ0n) is 10.2. The summed E-state index contributed by atoms with van der Waals surface area (Å²) in [7, 11) is 0. The number of rotatable bonds is 4. The summed E-state index contributed by atoms with van der Waals surface area (Å²) >= 11 is 1.60. The Kier molecular flexibility index (Phi) is 3.92. The predicted octanol–water partition coefficient (Wildman–Crippen LogP) is 2.91. The van der Waals surface area contributed by atoms with E-state index in [-0.39, 0.29) is 6.10 Å². The Balaban J connectivity index is 2.00. The van der Waals surface area contributed by atoms with E-state index in [4.69, 9.17) is 0 Å². The number of hydrogen-bond donors (Lipinski definition) is 1. The van der Waals surface area contributed by atoms with Gasteiger partial charge in [0.05, 0.1) is 11.6 Å². The van der Waals surface area contributed by atoms with Crippen LogP contribution >= 0.6 is 11.3 Å². The second-order valence-corrected chi connectivity index (χ2v) is 5.50. The third-order valence-corrected chi connectivity index (χ3v) is 3.48. The van der Waals surface area contributed by atoms with Crippen LogP contribution in [0, 0.1) is 13.8 Å². The fourth-order valence-electron chi connectivity index (χ4n) is 2.11. The average Bonchev–Trinajstić information content (AvgIpc) is 2.67. The van der Waals surface area contributed by atoms with Crippen LogP contribution in [-0.2, 0) is 12.8 Å². The molecule has 0 saturated carbocycles. The Labute approximate surface area is 106 Å². The van der Waals surface area contributed by atoms with Crippen LogP contribution in [0.5, 0.6) is 0 Å². The van der Waals surface area contributed by atoms with Gasteiger partial charge in [-0.1, -0.05) is 29.3 Å². The summed E-state index contributed by atoms with van der Waals surface area (Å²) in [6.45, 7) is 4.18. The number of hydrogen-bond acceptors (Lipinski definition) is 3. The quantitative estimate of drug-likeness (QED) is 0.901. The van der Waals surface area contributed by atoms with E-state index >= 15 is 0 Å². The summed E-state index contributed by atoms with van der Waals surface area (Å²) in [5.41, 5.74) is 5.52. The average molecular weight is 247 g/mol. The molecular formula is C14H17NOS. The molecule has 1 N–H and O–H groups in total. The molecular weight excluding hydrogens is 230 g/mol. The minimum absolute atomic E-state index is 0.323. The van der Waals surface area contributed by atoms with Crippen molar-refractivity contribution in [2.45, 2.75) is 32.8 Å². The molecule has 0 bridgehead atoms. The van der Waals surface area contributed by atoms with Gasteiger partial charge in [-0.2, -0.15) is 0 Å². The Hall–Kier alpha value is -1.19. The van der Waals surface area contributed by atoms with E-state index in [0.717, 1.165) is 4.88 Å². The molecule has 0 aliphatic heterocycles. The van der Waals surface area contributed by atoms with Gasteiger partial charge in [0.1, 0.15) is 0 Å². The van der Waals surface area contributed by atoms with Crippen LogP contribution in [0.2, 0.25) is 0 Å². The Morgan fingerprint density at radius 3 is 2.47 bits per heavy atom. The third-order valence-electron chi connectivity index (χ3n) is 2.67. The second-order valence-electron chi connectivity index (χ2n) is 4.53. The zero-order valence-corrected chi connectivity index (χ0v) is 11.0. The van der Waals surface area contributed by atoms with Gasteiger partial charge in [0.15, 0.2) is 0 Å². The molecule has 2 nitrogen and oxygen atoms in total. The van der Waals surface area contributed by atoms with Crippen molar-refractivity contribution in [3.8, 4) is 0 Å². The Bertz CT molecular complexity index is 459. The van der Waals surface area contributed by atoms with Crippen LogP contribution in [0.1, 0.15) is 21.6 Å². The molecule has 1 unspecified atom stereocenters. The highest BCUT2D eigenvalue weighted by Crippen LogP contribution is 2.14. The summed E-state index contributed by atoms with van der Waals surface area (Å²) in [5, 5.41) is 10.0. The highest BCUT2D eigenvalue weighted by atomic mass is 32.1. The van der Waals surface area contributed by atoms with E-state index in [0.29, 0.717) is 12.8 Å². The largest absolute Gasteiger partial charge is 0.392 e. The number of aromatic nitrogens is 1. The van der Waals surface area contributed by atoms with Crippen molar-refractivity contribution in [3.63, 3.8) is 0 Å². The predicted molar refractivity (Wildman–Crippen MR) is 71.4 cm³/mol. The fourth-order valence-corrected chi connectivity index (χ4v) is 2.77. The standard InChI is InChI=1S/C14H17NOS/c1-10-3-11(2)5-12(4-10)6-13(16)7-14-8-15-9-17-14/h3-5,8-9,13,16H,6-7H2,1-2H3. The van der Waals surface area contributed by atoms with E-state index in [2.05, 4.69) is 37.0 Å². The third kappa shape index (κ3) is 3.65. The lowest BCUT2D eigenvalue weighted by Gasteiger charge is -2.10. The molecule has 1 atom stereocenters. The van der Waals surface area contributed by atoms with Gasteiger partial charge < -0.3 is 5.11 Å². The van der Waals surface area contributed by atoms with E-state index in [1.807, 2.05) is 6.20 Å². The Morgan fingerprint density at radius 1 is 1.18 bits per heavy atom. The fraction of sp³-hybridized carbons (Fsp3) is 0.357. The van der Waals surface area contributed by atoms with E-state index in [9.17, 15) is 5.11 Å². The lowest BCUT2D eigenvalue weighted by molar-refractivity contribution is 0.176. The topological polar surface area (TPSA) is 33.1 Å². The highest BCUT2D eigenvalue weighted by molar-refractivity contribution is 7.09. The van der Waals surface area contributed by atoms with Crippen molar-refractivity contribution in [1.82, 2.24) is 4.98 Å². The first-order valence-electron chi connectivity index (χ1n) is 5.76. The molecule has 2 rings (SSSR count). The normalized spacial score (nSPS) is 12.6. The number of aliphatic hydroxyl groups is 1. The SMILES string of the molecule is Cc1cc(C)cc(CC(O)Cc2cncs2)c1. The van der Waals surface area contributed by atoms with E-state index < -0.39 is 0 Å². The molecule has 0 radical (unpaired) electrons. The van der Waals surface area contributed by atoms with Crippen LogP contribution in [0.25, 0.3) is 0 Å². The van der Waals surface area contributed by atoms with Gasteiger partial charge in [-0.15, -0.1) is 11.3 Å². The monoisotopic (exact) mass is 247 g/mol. The molecule has 1 aromatic carbocycles. The van der Waals surface area contributed by atoms with Crippen molar-refractivity contribution < 1.29 is 5.11 Å². The molecule has 1 heterocycles. The van der Waals surface area contributed by atoms with Crippen LogP contribution in [0.15, 0.2) is 29.9 Å². The van der Waals surface area contributed by atoms with Gasteiger partial charge in [-0.05, 0) is 25.8 Å². The Morgan fingerprint density at radius 2 is 1.88 bits per heavy atom. The molecule has 17 heavy (non-hydrogen) atoms. The van der Waals surface area contributed by atoms with Gasteiger partial charge in [-0.3, -0.25) is 4.98 Å². The van der Waals surface area contributed by atoms with E-state index in [1.54, 1.807) is 16.8 Å². The molecule has 2 aromatic rings. The molecule has 3 heteroatoms. The lowest BCUT2D eigenvalue weighted by atomic mass is 10.0. The maximum absolute atomic E-state index is 10.0. The first-order chi connectivity index (χ1) is 8.13. The van der Waals surface area contributed by atoms with Gasteiger partial charge in [0.25, 0.3) is 0 Å². The molecule has 0 amide bonds. The number of nitrogens with zero attached hydrogens (tertiary/aromatic N) is 1. The van der Waals surface area contributed by atoms with Gasteiger partial charge in [0.2, 0.25) is 0 Å².